The van der Waals surface area contributed by atoms with Crippen LogP contribution in [0.4, 0.5) is 0 Å². The lowest BCUT2D eigenvalue weighted by molar-refractivity contribution is 0.101. The van der Waals surface area contributed by atoms with Crippen LogP contribution in [-0.2, 0) is 15.5 Å². The molecule has 5 nitrogen and oxygen atoms in total. The molecule has 0 saturated heterocycles. The van der Waals surface area contributed by atoms with Gasteiger partial charge in [0.1, 0.15) is 11.5 Å². The Morgan fingerprint density at radius 3 is 2.27 bits per heavy atom. The summed E-state index contributed by atoms with van der Waals surface area (Å²) in [5, 5.41) is 0. The zero-order valence-electron chi connectivity index (χ0n) is 15.1. The third kappa shape index (κ3) is 3.96. The summed E-state index contributed by atoms with van der Waals surface area (Å²) >= 11 is 0. The minimum atomic E-state index is -3.64. The molecule has 0 aromatic heterocycles. The molecule has 0 N–H and O–H groups in total. The predicted molar refractivity (Wildman–Crippen MR) is 100.0 cm³/mol. The number of rotatable bonds is 3. The van der Waals surface area contributed by atoms with Crippen molar-refractivity contribution < 1.29 is 22.1 Å². The summed E-state index contributed by atoms with van der Waals surface area (Å²) in [6.45, 7) is 6.41. The van der Waals surface area contributed by atoms with Gasteiger partial charge in [0, 0.05) is 6.07 Å². The van der Waals surface area contributed by atoms with Crippen molar-refractivity contribution in [3.05, 3.63) is 64.9 Å². The van der Waals surface area contributed by atoms with Gasteiger partial charge in [-0.15, -0.1) is 0 Å². The largest absolute Gasteiger partial charge is 0.452 e. The van der Waals surface area contributed by atoms with E-state index in [9.17, 15) is 13.2 Å². The van der Waals surface area contributed by atoms with Gasteiger partial charge in [-0.2, -0.15) is 8.42 Å². The van der Waals surface area contributed by atoms with Gasteiger partial charge in [0.25, 0.3) is 0 Å². The number of fused-ring (bicyclic) bond motifs is 1. The molecular weight excluding hydrogens is 352 g/mol. The average Bonchev–Trinajstić information content (AvgIpc) is 2.81. The molecule has 0 saturated carbocycles. The lowest BCUT2D eigenvalue weighted by Gasteiger charge is -2.18. The van der Waals surface area contributed by atoms with Crippen LogP contribution >= 0.6 is 0 Å². The molecule has 0 amide bonds. The van der Waals surface area contributed by atoms with Gasteiger partial charge in [-0.1, -0.05) is 45.0 Å². The highest BCUT2D eigenvalue weighted by molar-refractivity contribution is 7.86. The van der Waals surface area contributed by atoms with E-state index in [1.807, 2.05) is 24.3 Å². The van der Waals surface area contributed by atoms with Crippen LogP contribution in [0.2, 0.25) is 0 Å². The number of ether oxygens (including phenoxy) is 1. The average molecular weight is 372 g/mol. The van der Waals surface area contributed by atoms with Gasteiger partial charge in [-0.25, -0.2) is 0 Å². The second-order valence-corrected chi connectivity index (χ2v) is 8.83. The van der Waals surface area contributed by atoms with E-state index < -0.39 is 10.1 Å². The van der Waals surface area contributed by atoms with Crippen molar-refractivity contribution in [2.75, 3.05) is 6.26 Å². The fraction of sp³-hybridized carbons (Fsp3) is 0.250. The zero-order valence-corrected chi connectivity index (χ0v) is 15.9. The molecule has 6 heteroatoms. The SMILES string of the molecule is CC(C)(C)c1ccc(/C=C2/Oc3cc(OS(C)(=O)=O)ccc3C2=O)cc1. The summed E-state index contributed by atoms with van der Waals surface area (Å²) in [6.07, 6.45) is 2.63. The van der Waals surface area contributed by atoms with Crippen molar-refractivity contribution >= 4 is 22.0 Å². The van der Waals surface area contributed by atoms with Crippen LogP contribution in [0.1, 0.15) is 42.3 Å². The number of ketones is 1. The summed E-state index contributed by atoms with van der Waals surface area (Å²) in [5.74, 6) is 0.342. The highest BCUT2D eigenvalue weighted by Crippen LogP contribution is 2.35. The van der Waals surface area contributed by atoms with Gasteiger partial charge in [0.15, 0.2) is 5.76 Å². The maximum absolute atomic E-state index is 12.5. The van der Waals surface area contributed by atoms with Crippen LogP contribution in [0.5, 0.6) is 11.5 Å². The Morgan fingerprint density at radius 2 is 1.69 bits per heavy atom. The van der Waals surface area contributed by atoms with Gasteiger partial charge < -0.3 is 8.92 Å². The fourth-order valence-corrected chi connectivity index (χ4v) is 3.08. The van der Waals surface area contributed by atoms with Gasteiger partial charge in [-0.05, 0) is 34.8 Å². The van der Waals surface area contributed by atoms with Crippen molar-refractivity contribution in [2.24, 2.45) is 0 Å². The molecule has 1 heterocycles. The highest BCUT2D eigenvalue weighted by atomic mass is 32.2. The van der Waals surface area contributed by atoms with E-state index in [0.29, 0.717) is 5.56 Å². The first kappa shape index (κ1) is 18.2. The smallest absolute Gasteiger partial charge is 0.306 e. The summed E-state index contributed by atoms with van der Waals surface area (Å²) in [7, 11) is -3.64. The molecule has 0 aliphatic carbocycles. The Morgan fingerprint density at radius 1 is 1.04 bits per heavy atom. The topological polar surface area (TPSA) is 69.7 Å². The molecule has 0 atom stereocenters. The number of allylic oxidation sites excluding steroid dienone is 1. The number of hydrogen-bond acceptors (Lipinski definition) is 5. The lowest BCUT2D eigenvalue weighted by Crippen LogP contribution is -2.10. The van der Waals surface area contributed by atoms with Crippen molar-refractivity contribution in [2.45, 2.75) is 26.2 Å². The molecule has 0 unspecified atom stereocenters. The van der Waals surface area contributed by atoms with Crippen molar-refractivity contribution in [3.63, 3.8) is 0 Å². The van der Waals surface area contributed by atoms with E-state index in [1.54, 1.807) is 6.08 Å². The monoisotopic (exact) mass is 372 g/mol. The minimum Gasteiger partial charge on any atom is -0.452 e. The zero-order chi connectivity index (χ0) is 19.1. The van der Waals surface area contributed by atoms with Crippen LogP contribution in [0.3, 0.4) is 0 Å². The molecular formula is C20H20O5S. The lowest BCUT2D eigenvalue weighted by atomic mass is 9.86. The Bertz CT molecular complexity index is 993. The summed E-state index contributed by atoms with van der Waals surface area (Å²) in [5.41, 5.74) is 2.48. The first-order valence-corrected chi connectivity index (χ1v) is 9.93. The van der Waals surface area contributed by atoms with Gasteiger partial charge in [0.05, 0.1) is 11.8 Å². The standard InChI is InChI=1S/C20H20O5S/c1-20(2,3)14-7-5-13(6-8-14)11-18-19(21)16-10-9-15(12-17(16)24-18)25-26(4,22)23/h5-12H,1-4H3/b18-11+. The van der Waals surface area contributed by atoms with E-state index >= 15 is 0 Å². The van der Waals surface area contributed by atoms with Crippen LogP contribution in [-0.4, -0.2) is 20.5 Å². The molecule has 136 valence electrons. The van der Waals surface area contributed by atoms with Crippen LogP contribution in [0.25, 0.3) is 6.08 Å². The molecule has 26 heavy (non-hydrogen) atoms. The molecule has 2 aromatic carbocycles. The van der Waals surface area contributed by atoms with E-state index in [2.05, 4.69) is 20.8 Å². The second-order valence-electron chi connectivity index (χ2n) is 7.26. The van der Waals surface area contributed by atoms with E-state index in [0.717, 1.165) is 11.8 Å². The molecule has 3 rings (SSSR count). The molecule has 0 fully saturated rings. The maximum Gasteiger partial charge on any atom is 0.306 e. The van der Waals surface area contributed by atoms with Crippen LogP contribution < -0.4 is 8.92 Å². The van der Waals surface area contributed by atoms with Crippen LogP contribution in [0.15, 0.2) is 48.2 Å². The second kappa shape index (κ2) is 6.29. The fourth-order valence-electron chi connectivity index (χ4n) is 2.62. The third-order valence-electron chi connectivity index (χ3n) is 3.96. The minimum absolute atomic E-state index is 0.0532. The molecule has 0 spiro atoms. The van der Waals surface area contributed by atoms with Crippen molar-refractivity contribution in [1.82, 2.24) is 0 Å². The van der Waals surface area contributed by atoms with E-state index in [1.165, 1.54) is 23.8 Å². The molecule has 1 aliphatic heterocycles. The number of Topliss-reactive ketones (excluding diaryl/α,β-unsaturated/α-hetero) is 1. The highest BCUT2D eigenvalue weighted by Gasteiger charge is 2.28. The van der Waals surface area contributed by atoms with Crippen molar-refractivity contribution in [1.29, 1.82) is 0 Å². The molecule has 0 bridgehead atoms. The summed E-state index contributed by atoms with van der Waals surface area (Å²) < 4.78 is 32.9. The first-order chi connectivity index (χ1) is 12.0. The summed E-state index contributed by atoms with van der Waals surface area (Å²) in [4.78, 5) is 12.5. The quantitative estimate of drug-likeness (QED) is 0.603. The van der Waals surface area contributed by atoms with Gasteiger partial charge >= 0.3 is 10.1 Å². The third-order valence-corrected chi connectivity index (χ3v) is 4.46. The Labute approximate surface area is 153 Å². The van der Waals surface area contributed by atoms with E-state index in [-0.39, 0.29) is 28.5 Å². The number of carbonyl (C=O) groups is 1. The normalized spacial score (nSPS) is 15.7. The predicted octanol–water partition coefficient (Wildman–Crippen LogP) is 3.94. The number of benzene rings is 2. The molecule has 2 aromatic rings. The summed E-state index contributed by atoms with van der Waals surface area (Å²) in [6, 6.07) is 12.3. The first-order valence-electron chi connectivity index (χ1n) is 8.11. The Kier molecular flexibility index (Phi) is 4.40. The van der Waals surface area contributed by atoms with Crippen molar-refractivity contribution in [3.8, 4) is 11.5 Å². The Hall–Kier alpha value is -2.60. The van der Waals surface area contributed by atoms with Crippen LogP contribution in [0, 0.1) is 0 Å². The maximum atomic E-state index is 12.5. The number of hydrogen-bond donors (Lipinski definition) is 0. The Balaban J connectivity index is 1.86. The van der Waals surface area contributed by atoms with Gasteiger partial charge in [0.2, 0.25) is 5.78 Å². The number of carbonyl (C=O) groups excluding carboxylic acids is 1. The molecule has 0 radical (unpaired) electrons. The van der Waals surface area contributed by atoms with Gasteiger partial charge in [-0.3, -0.25) is 4.79 Å². The molecule has 1 aliphatic rings. The van der Waals surface area contributed by atoms with E-state index in [4.69, 9.17) is 8.92 Å².